The van der Waals surface area contributed by atoms with Gasteiger partial charge in [0.1, 0.15) is 11.8 Å². The van der Waals surface area contributed by atoms with E-state index in [9.17, 15) is 15.2 Å². The molecule has 0 fully saturated rings. The molecule has 0 atom stereocenters. The lowest BCUT2D eigenvalue weighted by Crippen LogP contribution is -2.30. The summed E-state index contributed by atoms with van der Waals surface area (Å²) in [5, 5.41) is 29.1. The molecule has 0 aliphatic heterocycles. The Labute approximate surface area is 162 Å². The lowest BCUT2D eigenvalue weighted by Gasteiger charge is -2.32. The number of hydrogen-bond acceptors (Lipinski definition) is 5. The monoisotopic (exact) mass is 376 g/mol. The predicted octanol–water partition coefficient (Wildman–Crippen LogP) is 3.38. The number of nitrogens with zero attached hydrogens (tertiary/aromatic N) is 1. The summed E-state index contributed by atoms with van der Waals surface area (Å²) in [6.45, 7) is 4.46. The van der Waals surface area contributed by atoms with E-state index in [1.165, 1.54) is 6.07 Å². The van der Waals surface area contributed by atoms with Crippen LogP contribution in [-0.4, -0.2) is 34.2 Å². The third-order valence-electron chi connectivity index (χ3n) is 5.40. The highest BCUT2D eigenvalue weighted by atomic mass is 16.5. The predicted molar refractivity (Wildman–Crippen MR) is 104 cm³/mol. The summed E-state index contributed by atoms with van der Waals surface area (Å²) in [6, 6.07) is 10.6. The zero-order valence-electron chi connectivity index (χ0n) is 15.7. The van der Waals surface area contributed by atoms with Crippen molar-refractivity contribution in [1.29, 1.82) is 5.26 Å². The standard InChI is InChI=1S/C22H20N2O4/c1-22(2)16-10-13(28-9-3-8-25)5-7-14(16)20(27)17-15-6-4-12(11-23)19(26)18(15)24-21(17)22/h4-7,10,24-26H,3,8-9H2,1-2H3. The number of ketones is 1. The maximum absolute atomic E-state index is 13.3. The number of aromatic amines is 1. The van der Waals surface area contributed by atoms with Crippen LogP contribution >= 0.6 is 0 Å². The minimum atomic E-state index is -0.535. The number of aromatic hydroxyl groups is 1. The quantitative estimate of drug-likeness (QED) is 0.605. The number of phenolic OH excluding ortho intramolecular Hbond substituents is 1. The Kier molecular flexibility index (Phi) is 4.13. The third-order valence-corrected chi connectivity index (χ3v) is 5.40. The Balaban J connectivity index is 1.90. The molecule has 0 unspecified atom stereocenters. The van der Waals surface area contributed by atoms with E-state index >= 15 is 0 Å². The summed E-state index contributed by atoms with van der Waals surface area (Å²) in [6.07, 6.45) is 0.534. The second kappa shape index (κ2) is 6.39. The molecule has 142 valence electrons. The summed E-state index contributed by atoms with van der Waals surface area (Å²) in [7, 11) is 0. The molecule has 4 rings (SSSR count). The van der Waals surface area contributed by atoms with Crippen LogP contribution < -0.4 is 4.74 Å². The molecule has 0 bridgehead atoms. The number of fused-ring (bicyclic) bond motifs is 4. The Hall–Kier alpha value is -3.30. The van der Waals surface area contributed by atoms with Crippen LogP contribution in [0.15, 0.2) is 30.3 Å². The Morgan fingerprint density at radius 2 is 2.04 bits per heavy atom. The Morgan fingerprint density at radius 1 is 1.25 bits per heavy atom. The largest absolute Gasteiger partial charge is 0.504 e. The van der Waals surface area contributed by atoms with Crippen molar-refractivity contribution in [2.24, 2.45) is 0 Å². The molecule has 0 saturated heterocycles. The fraction of sp³-hybridized carbons (Fsp3) is 0.273. The molecule has 1 heterocycles. The second-order valence-electron chi connectivity index (χ2n) is 7.46. The number of rotatable bonds is 4. The first kappa shape index (κ1) is 18.1. The third kappa shape index (κ3) is 2.48. The van der Waals surface area contributed by atoms with E-state index in [4.69, 9.17) is 9.84 Å². The molecule has 0 amide bonds. The Morgan fingerprint density at radius 3 is 2.75 bits per heavy atom. The number of carbonyl (C=O) groups excluding carboxylic acids is 1. The zero-order valence-corrected chi connectivity index (χ0v) is 15.7. The van der Waals surface area contributed by atoms with Crippen molar-refractivity contribution in [2.75, 3.05) is 13.2 Å². The molecule has 2 aromatic carbocycles. The van der Waals surface area contributed by atoms with E-state index in [1.54, 1.807) is 18.2 Å². The molecule has 28 heavy (non-hydrogen) atoms. The minimum Gasteiger partial charge on any atom is -0.504 e. The lowest BCUT2D eigenvalue weighted by molar-refractivity contribution is 0.103. The normalized spacial score (nSPS) is 14.4. The van der Waals surface area contributed by atoms with Gasteiger partial charge in [0.05, 0.1) is 23.3 Å². The van der Waals surface area contributed by atoms with Crippen LogP contribution in [0.3, 0.4) is 0 Å². The molecule has 3 N–H and O–H groups in total. The summed E-state index contributed by atoms with van der Waals surface area (Å²) in [4.78, 5) is 16.5. The summed E-state index contributed by atoms with van der Waals surface area (Å²) >= 11 is 0. The Bertz CT molecular complexity index is 1150. The maximum Gasteiger partial charge on any atom is 0.195 e. The number of nitrogens with one attached hydrogen (secondary N) is 1. The number of phenols is 1. The number of carbonyl (C=O) groups is 1. The number of benzene rings is 2. The molecule has 1 aliphatic carbocycles. The zero-order chi connectivity index (χ0) is 20.1. The number of ether oxygens (including phenoxy) is 1. The number of nitriles is 1. The maximum atomic E-state index is 13.3. The average molecular weight is 376 g/mol. The number of hydrogen-bond donors (Lipinski definition) is 3. The van der Waals surface area contributed by atoms with E-state index < -0.39 is 5.41 Å². The number of aromatic nitrogens is 1. The van der Waals surface area contributed by atoms with Gasteiger partial charge in [0, 0.05) is 35.1 Å². The van der Waals surface area contributed by atoms with Gasteiger partial charge in [-0.1, -0.05) is 19.9 Å². The number of H-pyrrole nitrogens is 1. The first-order valence-corrected chi connectivity index (χ1v) is 9.11. The van der Waals surface area contributed by atoms with Crippen LogP contribution in [-0.2, 0) is 5.41 Å². The highest BCUT2D eigenvalue weighted by Crippen LogP contribution is 2.46. The fourth-order valence-corrected chi connectivity index (χ4v) is 3.90. The van der Waals surface area contributed by atoms with Crippen LogP contribution in [0.5, 0.6) is 11.5 Å². The molecule has 1 aliphatic rings. The molecule has 0 saturated carbocycles. The van der Waals surface area contributed by atoms with Crippen molar-refractivity contribution in [3.05, 3.63) is 58.3 Å². The van der Waals surface area contributed by atoms with E-state index in [0.29, 0.717) is 46.5 Å². The first-order chi connectivity index (χ1) is 13.4. The van der Waals surface area contributed by atoms with Gasteiger partial charge in [0.15, 0.2) is 11.5 Å². The molecule has 6 nitrogen and oxygen atoms in total. The van der Waals surface area contributed by atoms with Crippen molar-refractivity contribution in [1.82, 2.24) is 4.98 Å². The number of aliphatic hydroxyl groups is 1. The number of aliphatic hydroxyl groups excluding tert-OH is 1. The van der Waals surface area contributed by atoms with Crippen LogP contribution in [0, 0.1) is 11.3 Å². The highest BCUT2D eigenvalue weighted by Gasteiger charge is 2.40. The van der Waals surface area contributed by atoms with Crippen molar-refractivity contribution in [3.8, 4) is 17.6 Å². The van der Waals surface area contributed by atoms with Crippen molar-refractivity contribution < 1.29 is 19.7 Å². The SMILES string of the molecule is CC1(C)c2cc(OCCCO)ccc2C(=O)c2c1[nH]c1c(O)c(C#N)ccc21. The van der Waals surface area contributed by atoms with Gasteiger partial charge in [-0.05, 0) is 29.8 Å². The van der Waals surface area contributed by atoms with Gasteiger partial charge in [0.2, 0.25) is 0 Å². The van der Waals surface area contributed by atoms with Crippen molar-refractivity contribution in [3.63, 3.8) is 0 Å². The summed E-state index contributed by atoms with van der Waals surface area (Å²) in [5.41, 5.74) is 2.69. The highest BCUT2D eigenvalue weighted by molar-refractivity contribution is 6.20. The topological polar surface area (TPSA) is 106 Å². The molecule has 1 aromatic heterocycles. The van der Waals surface area contributed by atoms with Crippen molar-refractivity contribution >= 4 is 16.7 Å². The smallest absolute Gasteiger partial charge is 0.195 e. The second-order valence-corrected chi connectivity index (χ2v) is 7.46. The van der Waals surface area contributed by atoms with Crippen LogP contribution in [0.4, 0.5) is 0 Å². The van der Waals surface area contributed by atoms with E-state index in [0.717, 1.165) is 5.56 Å². The fourth-order valence-electron chi connectivity index (χ4n) is 3.90. The van der Waals surface area contributed by atoms with Gasteiger partial charge in [0.25, 0.3) is 0 Å². The van der Waals surface area contributed by atoms with Gasteiger partial charge in [-0.2, -0.15) is 5.26 Å². The van der Waals surface area contributed by atoms with Gasteiger partial charge >= 0.3 is 0 Å². The van der Waals surface area contributed by atoms with Crippen LogP contribution in [0.2, 0.25) is 0 Å². The molecular formula is C22H20N2O4. The lowest BCUT2D eigenvalue weighted by atomic mass is 9.71. The van der Waals surface area contributed by atoms with Crippen molar-refractivity contribution in [2.45, 2.75) is 25.7 Å². The average Bonchev–Trinajstić information content (AvgIpc) is 3.09. The molecule has 0 spiro atoms. The van der Waals surface area contributed by atoms with Crippen LogP contribution in [0.1, 0.15) is 53.0 Å². The molecular weight excluding hydrogens is 356 g/mol. The molecule has 3 aromatic rings. The van der Waals surface area contributed by atoms with Gasteiger partial charge in [-0.15, -0.1) is 0 Å². The van der Waals surface area contributed by atoms with Gasteiger partial charge in [-0.25, -0.2) is 0 Å². The van der Waals surface area contributed by atoms with E-state index in [-0.39, 0.29) is 23.7 Å². The van der Waals surface area contributed by atoms with E-state index in [1.807, 2.05) is 26.0 Å². The summed E-state index contributed by atoms with van der Waals surface area (Å²) in [5.74, 6) is 0.374. The summed E-state index contributed by atoms with van der Waals surface area (Å²) < 4.78 is 5.68. The van der Waals surface area contributed by atoms with E-state index in [2.05, 4.69) is 4.98 Å². The minimum absolute atomic E-state index is 0.0571. The molecule has 6 heteroatoms. The van der Waals surface area contributed by atoms with Gasteiger partial charge < -0.3 is 19.9 Å². The molecule has 0 radical (unpaired) electrons. The van der Waals surface area contributed by atoms with Gasteiger partial charge in [-0.3, -0.25) is 4.79 Å². The van der Waals surface area contributed by atoms with Crippen LogP contribution in [0.25, 0.3) is 10.9 Å². The first-order valence-electron chi connectivity index (χ1n) is 9.11.